The minimum Gasteiger partial charge on any atom is -0.506 e. The van der Waals surface area contributed by atoms with Crippen molar-refractivity contribution in [1.82, 2.24) is 0 Å². The Morgan fingerprint density at radius 3 is 2.62 bits per heavy atom. The number of aliphatic hydroxyl groups is 1. The van der Waals surface area contributed by atoms with Crippen molar-refractivity contribution in [1.29, 1.82) is 0 Å². The first-order chi connectivity index (χ1) is 10.0. The molecule has 0 saturated carbocycles. The summed E-state index contributed by atoms with van der Waals surface area (Å²) in [5, 5.41) is 9.98. The summed E-state index contributed by atoms with van der Waals surface area (Å²) in [5.74, 6) is -1.14. The highest BCUT2D eigenvalue weighted by Crippen LogP contribution is 2.25. The van der Waals surface area contributed by atoms with E-state index in [2.05, 4.69) is 0 Å². The van der Waals surface area contributed by atoms with Crippen molar-refractivity contribution in [3.8, 4) is 0 Å². The van der Waals surface area contributed by atoms with Gasteiger partial charge in [0.2, 0.25) is 6.10 Å². The van der Waals surface area contributed by atoms with Gasteiger partial charge in [-0.15, -0.1) is 0 Å². The van der Waals surface area contributed by atoms with Crippen LogP contribution >= 0.6 is 0 Å². The van der Waals surface area contributed by atoms with E-state index >= 15 is 0 Å². The summed E-state index contributed by atoms with van der Waals surface area (Å²) in [7, 11) is 0. The van der Waals surface area contributed by atoms with Gasteiger partial charge in [0.25, 0.3) is 0 Å². The molecular weight excluding hydrogens is 278 g/mol. The molecule has 1 aliphatic heterocycles. The van der Waals surface area contributed by atoms with Gasteiger partial charge in [-0.05, 0) is 26.7 Å². The van der Waals surface area contributed by atoms with Crippen molar-refractivity contribution < 1.29 is 28.9 Å². The lowest BCUT2D eigenvalue weighted by Gasteiger charge is -2.22. The molecule has 1 unspecified atom stereocenters. The topological polar surface area (TPSA) is 108 Å². The van der Waals surface area contributed by atoms with Gasteiger partial charge >= 0.3 is 11.9 Å². The lowest BCUT2D eigenvalue weighted by molar-refractivity contribution is -0.151. The molecule has 118 valence electrons. The predicted octanol–water partition coefficient (Wildman–Crippen LogP) is 1.29. The molecule has 7 nitrogen and oxygen atoms in total. The number of carbonyl (C=O) groups excluding carboxylic acids is 2. The number of carbonyl (C=O) groups is 2. The van der Waals surface area contributed by atoms with E-state index in [1.807, 2.05) is 0 Å². The Morgan fingerprint density at radius 2 is 2.00 bits per heavy atom. The van der Waals surface area contributed by atoms with Crippen molar-refractivity contribution in [2.45, 2.75) is 39.2 Å². The lowest BCUT2D eigenvalue weighted by atomic mass is 10.0. The fourth-order valence-electron chi connectivity index (χ4n) is 1.82. The van der Waals surface area contributed by atoms with Crippen molar-refractivity contribution in [3.63, 3.8) is 0 Å². The standard InChI is InChI=1S/C14H21NO6/c1-3-19-10(16)7-5-6-9-8-21-13(11(15)12(9)17)14(18)20-4-2/h8,13,17H,3-7,15H2,1-2H3. The van der Waals surface area contributed by atoms with Crippen molar-refractivity contribution in [2.24, 2.45) is 5.73 Å². The van der Waals surface area contributed by atoms with E-state index in [4.69, 9.17) is 19.9 Å². The van der Waals surface area contributed by atoms with E-state index in [0.717, 1.165) is 0 Å². The van der Waals surface area contributed by atoms with Gasteiger partial charge in [-0.1, -0.05) is 0 Å². The van der Waals surface area contributed by atoms with Crippen LogP contribution in [0.25, 0.3) is 0 Å². The predicted molar refractivity (Wildman–Crippen MR) is 73.9 cm³/mol. The van der Waals surface area contributed by atoms with Crippen LogP contribution in [0.1, 0.15) is 33.1 Å². The van der Waals surface area contributed by atoms with Crippen LogP contribution in [0.15, 0.2) is 23.3 Å². The Labute approximate surface area is 123 Å². The second-order valence-corrected chi connectivity index (χ2v) is 4.37. The van der Waals surface area contributed by atoms with Crippen molar-refractivity contribution >= 4 is 11.9 Å². The maximum Gasteiger partial charge on any atom is 0.353 e. The molecule has 1 aliphatic rings. The average molecular weight is 299 g/mol. The molecule has 0 amide bonds. The highest BCUT2D eigenvalue weighted by Gasteiger charge is 2.31. The minimum atomic E-state index is -1.13. The summed E-state index contributed by atoms with van der Waals surface area (Å²) in [6, 6.07) is 0. The Bertz CT molecular complexity index is 454. The number of ether oxygens (including phenoxy) is 3. The smallest absolute Gasteiger partial charge is 0.353 e. The monoisotopic (exact) mass is 299 g/mol. The maximum atomic E-state index is 11.6. The molecule has 0 radical (unpaired) electrons. The molecule has 7 heteroatoms. The zero-order valence-corrected chi connectivity index (χ0v) is 12.3. The average Bonchev–Trinajstić information content (AvgIpc) is 2.44. The largest absolute Gasteiger partial charge is 0.506 e. The van der Waals surface area contributed by atoms with Crippen molar-refractivity contribution in [2.75, 3.05) is 13.2 Å². The van der Waals surface area contributed by atoms with E-state index in [1.54, 1.807) is 13.8 Å². The first kappa shape index (κ1) is 16.9. The fourth-order valence-corrected chi connectivity index (χ4v) is 1.82. The normalized spacial score (nSPS) is 17.8. The zero-order valence-electron chi connectivity index (χ0n) is 12.3. The molecule has 3 N–H and O–H groups in total. The van der Waals surface area contributed by atoms with Gasteiger partial charge in [-0.2, -0.15) is 0 Å². The summed E-state index contributed by atoms with van der Waals surface area (Å²) < 4.78 is 14.8. The summed E-state index contributed by atoms with van der Waals surface area (Å²) in [6.07, 6.45) is 1.26. The fraction of sp³-hybridized carbons (Fsp3) is 0.571. The first-order valence-corrected chi connectivity index (χ1v) is 6.86. The van der Waals surface area contributed by atoms with Crippen LogP contribution in [-0.2, 0) is 23.8 Å². The van der Waals surface area contributed by atoms with Crippen LogP contribution in [0.5, 0.6) is 0 Å². The van der Waals surface area contributed by atoms with Gasteiger partial charge < -0.3 is 25.1 Å². The first-order valence-electron chi connectivity index (χ1n) is 6.86. The van der Waals surface area contributed by atoms with Gasteiger partial charge in [-0.25, -0.2) is 4.79 Å². The maximum absolute atomic E-state index is 11.6. The van der Waals surface area contributed by atoms with Crippen LogP contribution in [0.3, 0.4) is 0 Å². The number of hydrogen-bond acceptors (Lipinski definition) is 7. The summed E-state index contributed by atoms with van der Waals surface area (Å²) in [6.45, 7) is 3.93. The number of rotatable bonds is 7. The Kier molecular flexibility index (Phi) is 6.58. The van der Waals surface area contributed by atoms with E-state index in [0.29, 0.717) is 25.0 Å². The molecule has 1 heterocycles. The second-order valence-electron chi connectivity index (χ2n) is 4.37. The van der Waals surface area contributed by atoms with E-state index in [9.17, 15) is 14.7 Å². The third kappa shape index (κ3) is 4.70. The second kappa shape index (κ2) is 8.18. The van der Waals surface area contributed by atoms with E-state index in [-0.39, 0.29) is 30.5 Å². The SMILES string of the molecule is CCOC(=O)CCCC1=COC(C(=O)OCC)C(N)=C1O. The molecule has 0 spiro atoms. The van der Waals surface area contributed by atoms with E-state index in [1.165, 1.54) is 6.26 Å². The molecule has 0 aromatic carbocycles. The highest BCUT2D eigenvalue weighted by molar-refractivity contribution is 5.79. The number of aliphatic hydroxyl groups excluding tert-OH is 1. The number of allylic oxidation sites excluding steroid dienone is 1. The highest BCUT2D eigenvalue weighted by atomic mass is 16.6. The molecule has 0 aromatic rings. The molecule has 1 rings (SSSR count). The molecular formula is C14H21NO6. The van der Waals surface area contributed by atoms with Gasteiger partial charge in [0, 0.05) is 12.0 Å². The van der Waals surface area contributed by atoms with Gasteiger partial charge in [-0.3, -0.25) is 4.79 Å². The van der Waals surface area contributed by atoms with E-state index < -0.39 is 12.1 Å². The molecule has 0 fully saturated rings. The lowest BCUT2D eigenvalue weighted by Crippen LogP contribution is -2.34. The number of hydrogen-bond donors (Lipinski definition) is 2. The summed E-state index contributed by atoms with van der Waals surface area (Å²) in [4.78, 5) is 22.8. The van der Waals surface area contributed by atoms with Crippen LogP contribution in [0, 0.1) is 0 Å². The van der Waals surface area contributed by atoms with Crippen LogP contribution in [0.2, 0.25) is 0 Å². The zero-order chi connectivity index (χ0) is 15.8. The molecule has 0 aromatic heterocycles. The van der Waals surface area contributed by atoms with Gasteiger partial charge in [0.05, 0.1) is 19.5 Å². The molecule has 0 aliphatic carbocycles. The van der Waals surface area contributed by atoms with Crippen LogP contribution in [0.4, 0.5) is 0 Å². The van der Waals surface area contributed by atoms with Crippen LogP contribution in [-0.4, -0.2) is 36.4 Å². The molecule has 21 heavy (non-hydrogen) atoms. The quantitative estimate of drug-likeness (QED) is 0.682. The molecule has 0 bridgehead atoms. The van der Waals surface area contributed by atoms with Crippen LogP contribution < -0.4 is 5.73 Å². The van der Waals surface area contributed by atoms with Gasteiger partial charge in [0.1, 0.15) is 11.5 Å². The minimum absolute atomic E-state index is 0.0814. The third-order valence-electron chi connectivity index (χ3n) is 2.84. The Morgan fingerprint density at radius 1 is 1.33 bits per heavy atom. The van der Waals surface area contributed by atoms with Crippen molar-refractivity contribution in [3.05, 3.63) is 23.3 Å². The third-order valence-corrected chi connectivity index (χ3v) is 2.84. The van der Waals surface area contributed by atoms with Gasteiger partial charge in [0.15, 0.2) is 0 Å². The Hall–Kier alpha value is -2.18. The molecule has 0 saturated heterocycles. The Balaban J connectivity index is 2.56. The number of esters is 2. The summed E-state index contributed by atoms with van der Waals surface area (Å²) in [5.41, 5.74) is 6.06. The number of nitrogens with two attached hydrogens (primary N) is 1. The summed E-state index contributed by atoms with van der Waals surface area (Å²) >= 11 is 0. The molecule has 1 atom stereocenters.